The Morgan fingerprint density at radius 1 is 1.20 bits per heavy atom. The van der Waals surface area contributed by atoms with E-state index in [1.165, 1.54) is 4.52 Å². The fourth-order valence-corrected chi connectivity index (χ4v) is 3.52. The van der Waals surface area contributed by atoms with Gasteiger partial charge in [0.2, 0.25) is 5.91 Å². The number of nitrogens with one attached hydrogen (secondary N) is 1. The van der Waals surface area contributed by atoms with Crippen LogP contribution in [-0.4, -0.2) is 39.0 Å². The van der Waals surface area contributed by atoms with Gasteiger partial charge in [0.15, 0.2) is 5.65 Å². The summed E-state index contributed by atoms with van der Waals surface area (Å²) in [6.45, 7) is 4.61. The van der Waals surface area contributed by atoms with Crippen molar-refractivity contribution < 1.29 is 4.79 Å². The fraction of sp³-hybridized carbons (Fsp3) is 0.316. The van der Waals surface area contributed by atoms with Crippen molar-refractivity contribution in [3.05, 3.63) is 57.5 Å². The molecule has 1 unspecified atom stereocenters. The van der Waals surface area contributed by atoms with E-state index in [2.05, 4.69) is 11.2 Å². The molecule has 2 aromatic heterocycles. The number of H-pyrrole nitrogens is 1. The van der Waals surface area contributed by atoms with Crippen LogP contribution < -0.4 is 5.56 Å². The molecule has 1 aromatic carbocycles. The maximum absolute atomic E-state index is 12.6. The minimum absolute atomic E-state index is 0.0214. The molecule has 0 aliphatic carbocycles. The van der Waals surface area contributed by atoms with Crippen molar-refractivity contribution in [2.45, 2.75) is 26.2 Å². The third-order valence-corrected chi connectivity index (χ3v) is 4.94. The van der Waals surface area contributed by atoms with E-state index in [4.69, 9.17) is 4.98 Å². The zero-order valence-electron chi connectivity index (χ0n) is 14.5. The molecule has 6 heteroatoms. The highest BCUT2D eigenvalue weighted by Gasteiger charge is 2.30. The largest absolute Gasteiger partial charge is 0.345 e. The number of nitrogens with zero attached hydrogens (tertiary/aromatic N) is 3. The van der Waals surface area contributed by atoms with E-state index in [-0.39, 0.29) is 17.4 Å². The van der Waals surface area contributed by atoms with Crippen molar-refractivity contribution in [2.24, 2.45) is 0 Å². The van der Waals surface area contributed by atoms with E-state index >= 15 is 0 Å². The molecule has 4 rings (SSSR count). The van der Waals surface area contributed by atoms with Crippen LogP contribution in [0, 0.1) is 13.8 Å². The molecule has 1 amide bonds. The summed E-state index contributed by atoms with van der Waals surface area (Å²) in [5, 5.41) is 3.18. The maximum Gasteiger partial charge on any atom is 0.272 e. The Balaban J connectivity index is 1.85. The van der Waals surface area contributed by atoms with E-state index in [1.54, 1.807) is 18.0 Å². The number of hydrogen-bond donors (Lipinski definition) is 1. The van der Waals surface area contributed by atoms with Crippen LogP contribution in [0.4, 0.5) is 0 Å². The van der Waals surface area contributed by atoms with Crippen LogP contribution in [0.3, 0.4) is 0 Å². The topological polar surface area (TPSA) is 70.5 Å². The number of aromatic nitrogens is 3. The maximum atomic E-state index is 12.6. The molecule has 1 fully saturated rings. The standard InChI is InChI=1S/C19H20N4O2/c1-11-5-4-6-13(7-11)18-12(2)19-20-15(9-17(25)23(19)21-18)14-8-16(24)22(3)10-14/h4-7,9,14,21H,8,10H2,1-3H3. The van der Waals surface area contributed by atoms with Gasteiger partial charge in [-0.15, -0.1) is 0 Å². The van der Waals surface area contributed by atoms with E-state index < -0.39 is 0 Å². The van der Waals surface area contributed by atoms with Crippen LogP contribution >= 0.6 is 0 Å². The second-order valence-corrected chi connectivity index (χ2v) is 6.83. The van der Waals surface area contributed by atoms with Gasteiger partial charge in [-0.05, 0) is 19.9 Å². The predicted octanol–water partition coefficient (Wildman–Crippen LogP) is 2.25. The fourth-order valence-electron chi connectivity index (χ4n) is 3.52. The number of carbonyl (C=O) groups is 1. The van der Waals surface area contributed by atoms with Crippen LogP contribution in [0.25, 0.3) is 16.9 Å². The van der Waals surface area contributed by atoms with E-state index in [1.807, 2.05) is 32.0 Å². The molecule has 1 aliphatic heterocycles. The number of fused-ring (bicyclic) bond motifs is 1. The Morgan fingerprint density at radius 2 is 2.00 bits per heavy atom. The molecule has 0 spiro atoms. The summed E-state index contributed by atoms with van der Waals surface area (Å²) >= 11 is 0. The smallest absolute Gasteiger partial charge is 0.272 e. The lowest BCUT2D eigenvalue weighted by Gasteiger charge is -2.09. The first-order valence-electron chi connectivity index (χ1n) is 8.37. The number of aromatic amines is 1. The molecule has 0 bridgehead atoms. The molecule has 25 heavy (non-hydrogen) atoms. The highest BCUT2D eigenvalue weighted by molar-refractivity contribution is 5.79. The Labute approximate surface area is 145 Å². The molecule has 1 N–H and O–H groups in total. The Bertz CT molecular complexity index is 1050. The second kappa shape index (κ2) is 5.58. The summed E-state index contributed by atoms with van der Waals surface area (Å²) in [6.07, 6.45) is 0.410. The summed E-state index contributed by atoms with van der Waals surface area (Å²) in [7, 11) is 1.78. The molecule has 1 saturated heterocycles. The van der Waals surface area contributed by atoms with Crippen molar-refractivity contribution in [1.29, 1.82) is 0 Å². The van der Waals surface area contributed by atoms with Crippen LogP contribution in [0.1, 0.15) is 29.2 Å². The minimum Gasteiger partial charge on any atom is -0.345 e. The summed E-state index contributed by atoms with van der Waals surface area (Å²) < 4.78 is 1.48. The highest BCUT2D eigenvalue weighted by Crippen LogP contribution is 2.28. The van der Waals surface area contributed by atoms with Crippen LogP contribution in [0.5, 0.6) is 0 Å². The number of benzene rings is 1. The van der Waals surface area contributed by atoms with Gasteiger partial charge in [-0.3, -0.25) is 14.7 Å². The van der Waals surface area contributed by atoms with Gasteiger partial charge in [-0.1, -0.05) is 23.8 Å². The first-order valence-corrected chi connectivity index (χ1v) is 8.37. The van der Waals surface area contributed by atoms with E-state index in [9.17, 15) is 9.59 Å². The third kappa shape index (κ3) is 2.54. The SMILES string of the molecule is Cc1cccc(-c2[nH]n3c(=O)cc(C4CC(=O)N(C)C4)nc3c2C)c1. The van der Waals surface area contributed by atoms with Crippen LogP contribution in [-0.2, 0) is 4.79 Å². The lowest BCUT2D eigenvalue weighted by atomic mass is 10.0. The monoisotopic (exact) mass is 336 g/mol. The minimum atomic E-state index is -0.149. The summed E-state index contributed by atoms with van der Waals surface area (Å²) in [6, 6.07) is 9.67. The predicted molar refractivity (Wildman–Crippen MR) is 95.7 cm³/mol. The number of amides is 1. The zero-order valence-corrected chi connectivity index (χ0v) is 14.5. The van der Waals surface area contributed by atoms with Gasteiger partial charge in [-0.2, -0.15) is 0 Å². The van der Waals surface area contributed by atoms with Gasteiger partial charge in [-0.25, -0.2) is 9.50 Å². The summed E-state index contributed by atoms with van der Waals surface area (Å²) in [5.41, 5.74) is 5.18. The number of likely N-dealkylation sites (N-methyl/N-ethyl adjacent to an activating group) is 1. The molecule has 0 saturated carbocycles. The molecule has 3 aromatic rings. The molecular formula is C19H20N4O2. The molecule has 0 radical (unpaired) electrons. The van der Waals surface area contributed by atoms with Gasteiger partial charge in [0.05, 0.1) is 11.4 Å². The molecule has 3 heterocycles. The molecular weight excluding hydrogens is 316 g/mol. The average Bonchev–Trinajstić information content (AvgIpc) is 3.09. The van der Waals surface area contributed by atoms with Crippen molar-refractivity contribution >= 4 is 11.6 Å². The van der Waals surface area contributed by atoms with Crippen LogP contribution in [0.15, 0.2) is 35.1 Å². The van der Waals surface area contributed by atoms with Gasteiger partial charge in [0, 0.05) is 43.1 Å². The van der Waals surface area contributed by atoms with E-state index in [0.29, 0.717) is 24.3 Å². The van der Waals surface area contributed by atoms with Gasteiger partial charge < -0.3 is 4.90 Å². The number of aryl methyl sites for hydroxylation is 2. The van der Waals surface area contributed by atoms with Gasteiger partial charge in [0.25, 0.3) is 5.56 Å². The normalized spacial score (nSPS) is 17.6. The van der Waals surface area contributed by atoms with Gasteiger partial charge >= 0.3 is 0 Å². The first kappa shape index (κ1) is 15.6. The summed E-state index contributed by atoms with van der Waals surface area (Å²) in [5.74, 6) is 0.0742. The first-order chi connectivity index (χ1) is 11.9. The Hall–Kier alpha value is -2.89. The third-order valence-electron chi connectivity index (χ3n) is 4.94. The van der Waals surface area contributed by atoms with Crippen molar-refractivity contribution in [2.75, 3.05) is 13.6 Å². The molecule has 128 valence electrons. The highest BCUT2D eigenvalue weighted by atomic mass is 16.2. The lowest BCUT2D eigenvalue weighted by molar-refractivity contribution is -0.126. The average molecular weight is 336 g/mol. The molecule has 1 atom stereocenters. The zero-order chi connectivity index (χ0) is 17.7. The Morgan fingerprint density at radius 3 is 2.68 bits per heavy atom. The second-order valence-electron chi connectivity index (χ2n) is 6.83. The summed E-state index contributed by atoms with van der Waals surface area (Å²) in [4.78, 5) is 30.8. The lowest BCUT2D eigenvalue weighted by Crippen LogP contribution is -2.20. The number of rotatable bonds is 2. The number of carbonyl (C=O) groups excluding carboxylic acids is 1. The van der Waals surface area contributed by atoms with Gasteiger partial charge in [0.1, 0.15) is 0 Å². The Kier molecular flexibility index (Phi) is 3.49. The van der Waals surface area contributed by atoms with Crippen molar-refractivity contribution in [1.82, 2.24) is 19.5 Å². The quantitative estimate of drug-likeness (QED) is 0.780. The number of likely N-dealkylation sites (tertiary alicyclic amines) is 1. The molecule has 1 aliphatic rings. The van der Waals surface area contributed by atoms with Crippen molar-refractivity contribution in [3.8, 4) is 11.3 Å². The van der Waals surface area contributed by atoms with Crippen molar-refractivity contribution in [3.63, 3.8) is 0 Å². The van der Waals surface area contributed by atoms with E-state index in [0.717, 1.165) is 22.4 Å². The number of hydrogen-bond acceptors (Lipinski definition) is 3. The van der Waals surface area contributed by atoms with Crippen LogP contribution in [0.2, 0.25) is 0 Å². The molecule has 6 nitrogen and oxygen atoms in total.